The van der Waals surface area contributed by atoms with E-state index in [4.69, 9.17) is 9.66 Å². The molecule has 0 atom stereocenters. The number of rotatable bonds is 4. The zero-order valence-electron chi connectivity index (χ0n) is 10.7. The van der Waals surface area contributed by atoms with Crippen molar-refractivity contribution in [3.8, 4) is 0 Å². The summed E-state index contributed by atoms with van der Waals surface area (Å²) in [5.74, 6) is -0.259. The van der Waals surface area contributed by atoms with Gasteiger partial charge in [0.1, 0.15) is 0 Å². The van der Waals surface area contributed by atoms with Crippen LogP contribution in [0.1, 0.15) is 21.8 Å². The number of sulfonamides is 1. The van der Waals surface area contributed by atoms with Gasteiger partial charge in [0.05, 0.1) is 10.6 Å². The zero-order chi connectivity index (χ0) is 14.8. The molecule has 1 heterocycles. The first-order valence-electron chi connectivity index (χ1n) is 5.69. The number of carbonyl (C=O) groups excluding carboxylic acids is 1. The molecule has 2 aromatic rings. The van der Waals surface area contributed by atoms with Crippen molar-refractivity contribution in [3.63, 3.8) is 0 Å². The highest BCUT2D eigenvalue weighted by Gasteiger charge is 2.11. The van der Waals surface area contributed by atoms with Gasteiger partial charge in [0.15, 0.2) is 0 Å². The van der Waals surface area contributed by atoms with E-state index >= 15 is 0 Å². The van der Waals surface area contributed by atoms with Gasteiger partial charge < -0.3 is 9.84 Å². The Labute approximate surface area is 115 Å². The fourth-order valence-electron chi connectivity index (χ4n) is 1.54. The van der Waals surface area contributed by atoms with Crippen molar-refractivity contribution < 1.29 is 17.7 Å². The number of benzene rings is 1. The van der Waals surface area contributed by atoms with Gasteiger partial charge in [-0.3, -0.25) is 4.79 Å². The maximum absolute atomic E-state index is 11.7. The Hall–Kier alpha value is -2.19. The Morgan fingerprint density at radius 2 is 2.00 bits per heavy atom. The number of hydrogen-bond donors (Lipinski definition) is 2. The maximum Gasteiger partial charge on any atom is 0.290 e. The standard InChI is InChI=1S/C12H13N3O4S/c1-8-6-11(19-15-8)12(16)14-7-9-2-4-10(5-3-9)20(13,17)18/h2-6H,7H2,1H3,(H,14,16)(H2,13,17,18). The molecule has 2 rings (SSSR count). The lowest BCUT2D eigenvalue weighted by molar-refractivity contribution is 0.0914. The van der Waals surface area contributed by atoms with Crippen LogP contribution in [0.15, 0.2) is 39.8 Å². The van der Waals surface area contributed by atoms with Crippen LogP contribution in [0.2, 0.25) is 0 Å². The molecule has 1 amide bonds. The smallest absolute Gasteiger partial charge is 0.290 e. The van der Waals surface area contributed by atoms with Crippen LogP contribution >= 0.6 is 0 Å². The van der Waals surface area contributed by atoms with E-state index in [1.54, 1.807) is 19.1 Å². The molecular formula is C12H13N3O4S. The first-order valence-corrected chi connectivity index (χ1v) is 7.24. The number of nitrogens with one attached hydrogen (secondary N) is 1. The van der Waals surface area contributed by atoms with Gasteiger partial charge in [-0.2, -0.15) is 0 Å². The largest absolute Gasteiger partial charge is 0.351 e. The van der Waals surface area contributed by atoms with E-state index in [-0.39, 0.29) is 23.1 Å². The minimum absolute atomic E-state index is 0.0263. The maximum atomic E-state index is 11.7. The number of nitrogens with two attached hydrogens (primary N) is 1. The number of primary sulfonamides is 1. The van der Waals surface area contributed by atoms with Crippen LogP contribution < -0.4 is 10.5 Å². The van der Waals surface area contributed by atoms with Crippen molar-refractivity contribution in [2.45, 2.75) is 18.4 Å². The molecule has 0 fully saturated rings. The van der Waals surface area contributed by atoms with Gasteiger partial charge in [0.25, 0.3) is 5.91 Å². The number of nitrogens with zero attached hydrogens (tertiary/aromatic N) is 1. The van der Waals surface area contributed by atoms with Crippen LogP contribution in [-0.2, 0) is 16.6 Å². The molecule has 0 aliphatic rings. The highest BCUT2D eigenvalue weighted by atomic mass is 32.2. The summed E-state index contributed by atoms with van der Waals surface area (Å²) in [5, 5.41) is 11.2. The normalized spacial score (nSPS) is 11.3. The van der Waals surface area contributed by atoms with Gasteiger partial charge in [-0.05, 0) is 24.6 Å². The fourth-order valence-corrected chi connectivity index (χ4v) is 2.05. The minimum atomic E-state index is -3.70. The molecule has 20 heavy (non-hydrogen) atoms. The second kappa shape index (κ2) is 5.43. The van der Waals surface area contributed by atoms with Gasteiger partial charge in [-0.25, -0.2) is 13.6 Å². The summed E-state index contributed by atoms with van der Waals surface area (Å²) in [6.07, 6.45) is 0. The highest BCUT2D eigenvalue weighted by molar-refractivity contribution is 7.89. The third kappa shape index (κ3) is 3.43. The summed E-state index contributed by atoms with van der Waals surface area (Å²) >= 11 is 0. The van der Waals surface area contributed by atoms with E-state index in [1.165, 1.54) is 18.2 Å². The van der Waals surface area contributed by atoms with Gasteiger partial charge in [0.2, 0.25) is 15.8 Å². The van der Waals surface area contributed by atoms with Gasteiger partial charge in [-0.1, -0.05) is 17.3 Å². The van der Waals surface area contributed by atoms with Crippen molar-refractivity contribution in [2.75, 3.05) is 0 Å². The Kier molecular flexibility index (Phi) is 3.86. The minimum Gasteiger partial charge on any atom is -0.351 e. The first-order chi connectivity index (χ1) is 9.36. The molecule has 7 nitrogen and oxygen atoms in total. The van der Waals surface area contributed by atoms with Crippen LogP contribution in [0.25, 0.3) is 0 Å². The molecular weight excluding hydrogens is 282 g/mol. The molecule has 0 radical (unpaired) electrons. The van der Waals surface area contributed by atoms with E-state index in [1.807, 2.05) is 0 Å². The quantitative estimate of drug-likeness (QED) is 0.855. The van der Waals surface area contributed by atoms with Gasteiger partial charge in [0, 0.05) is 12.6 Å². The summed E-state index contributed by atoms with van der Waals surface area (Å²) in [4.78, 5) is 11.7. The molecule has 106 valence electrons. The lowest BCUT2D eigenvalue weighted by Crippen LogP contribution is -2.22. The fraction of sp³-hybridized carbons (Fsp3) is 0.167. The topological polar surface area (TPSA) is 115 Å². The van der Waals surface area contributed by atoms with Crippen LogP contribution in [-0.4, -0.2) is 19.5 Å². The summed E-state index contributed by atoms with van der Waals surface area (Å²) in [7, 11) is -3.70. The van der Waals surface area contributed by atoms with Crippen molar-refractivity contribution in [2.24, 2.45) is 5.14 Å². The van der Waals surface area contributed by atoms with Crippen LogP contribution in [0.5, 0.6) is 0 Å². The number of aryl methyl sites for hydroxylation is 1. The van der Waals surface area contributed by atoms with Gasteiger partial charge in [-0.15, -0.1) is 0 Å². The Morgan fingerprint density at radius 1 is 1.35 bits per heavy atom. The average molecular weight is 295 g/mol. The molecule has 0 aliphatic heterocycles. The molecule has 1 aromatic heterocycles. The predicted octanol–water partition coefficient (Wildman–Crippen LogP) is 0.560. The van der Waals surface area contributed by atoms with Crippen LogP contribution in [0, 0.1) is 6.92 Å². The van der Waals surface area contributed by atoms with E-state index < -0.39 is 10.0 Å². The average Bonchev–Trinajstić information content (AvgIpc) is 2.82. The zero-order valence-corrected chi connectivity index (χ0v) is 11.5. The lowest BCUT2D eigenvalue weighted by Gasteiger charge is -2.04. The molecule has 1 aromatic carbocycles. The van der Waals surface area contributed by atoms with Crippen molar-refractivity contribution in [3.05, 3.63) is 47.3 Å². The van der Waals surface area contributed by atoms with Crippen molar-refractivity contribution in [1.29, 1.82) is 0 Å². The van der Waals surface area contributed by atoms with Crippen molar-refractivity contribution in [1.82, 2.24) is 10.5 Å². The van der Waals surface area contributed by atoms with Crippen LogP contribution in [0.4, 0.5) is 0 Å². The molecule has 0 bridgehead atoms. The third-order valence-corrected chi connectivity index (χ3v) is 3.49. The summed E-state index contributed by atoms with van der Waals surface area (Å²) in [6.45, 7) is 1.95. The summed E-state index contributed by atoms with van der Waals surface area (Å²) < 4.78 is 27.0. The molecule has 0 spiro atoms. The molecule has 0 aliphatic carbocycles. The van der Waals surface area contributed by atoms with E-state index in [0.29, 0.717) is 5.69 Å². The highest BCUT2D eigenvalue weighted by Crippen LogP contribution is 2.09. The lowest BCUT2D eigenvalue weighted by atomic mass is 10.2. The van der Waals surface area contributed by atoms with Crippen molar-refractivity contribution >= 4 is 15.9 Å². The molecule has 3 N–H and O–H groups in total. The third-order valence-electron chi connectivity index (χ3n) is 2.56. The van der Waals surface area contributed by atoms with Gasteiger partial charge >= 0.3 is 0 Å². The molecule has 0 saturated heterocycles. The molecule has 8 heteroatoms. The monoisotopic (exact) mass is 295 g/mol. The number of amides is 1. The van der Waals surface area contributed by atoms with E-state index in [2.05, 4.69) is 10.5 Å². The number of hydrogen-bond acceptors (Lipinski definition) is 5. The molecule has 0 unspecified atom stereocenters. The summed E-state index contributed by atoms with van der Waals surface area (Å²) in [6, 6.07) is 7.45. The first kappa shape index (κ1) is 14.2. The Balaban J connectivity index is 1.99. The number of aromatic nitrogens is 1. The van der Waals surface area contributed by atoms with E-state index in [9.17, 15) is 13.2 Å². The second-order valence-corrected chi connectivity index (χ2v) is 5.77. The van der Waals surface area contributed by atoms with Crippen LogP contribution in [0.3, 0.4) is 0 Å². The SMILES string of the molecule is Cc1cc(C(=O)NCc2ccc(S(N)(=O)=O)cc2)on1. The summed E-state index contributed by atoms with van der Waals surface area (Å²) in [5.41, 5.74) is 1.36. The second-order valence-electron chi connectivity index (χ2n) is 4.20. The predicted molar refractivity (Wildman–Crippen MR) is 70.2 cm³/mol. The molecule has 0 saturated carbocycles. The Morgan fingerprint density at radius 3 is 2.50 bits per heavy atom. The Bertz CT molecular complexity index is 719. The van der Waals surface area contributed by atoms with E-state index in [0.717, 1.165) is 5.56 Å². The number of carbonyl (C=O) groups is 1.